The first-order valence-electron chi connectivity index (χ1n) is 10.1. The fourth-order valence-electron chi connectivity index (χ4n) is 3.53. The summed E-state index contributed by atoms with van der Waals surface area (Å²) in [6.45, 7) is 1.89. The molecule has 0 unspecified atom stereocenters. The van der Waals surface area contributed by atoms with Crippen LogP contribution in [0, 0.1) is 6.92 Å². The molecule has 1 aliphatic rings. The second-order valence-electron chi connectivity index (χ2n) is 7.86. The molecule has 1 aromatic rings. The number of sulfone groups is 1. The van der Waals surface area contributed by atoms with Crippen molar-refractivity contribution in [1.82, 2.24) is 10.6 Å². The molecule has 1 aromatic carbocycles. The molecular weight excluding hydrogens is 376 g/mol. The number of hydrogen-bond acceptors (Lipinski definition) is 4. The third-order valence-electron chi connectivity index (χ3n) is 5.13. The number of amides is 2. The Morgan fingerprint density at radius 1 is 1.11 bits per heavy atom. The number of hydrogen-bond donors (Lipinski definition) is 2. The van der Waals surface area contributed by atoms with Gasteiger partial charge in [0.05, 0.1) is 5.75 Å². The Morgan fingerprint density at radius 3 is 2.36 bits per heavy atom. The number of benzene rings is 1. The van der Waals surface area contributed by atoms with Crippen molar-refractivity contribution in [1.29, 1.82) is 0 Å². The molecule has 0 heterocycles. The van der Waals surface area contributed by atoms with E-state index >= 15 is 0 Å². The Labute approximate surface area is 168 Å². The maximum absolute atomic E-state index is 12.8. The zero-order chi connectivity index (χ0) is 20.6. The van der Waals surface area contributed by atoms with E-state index in [2.05, 4.69) is 10.6 Å². The summed E-state index contributed by atoms with van der Waals surface area (Å²) in [6.07, 6.45) is 8.80. The molecule has 1 fully saturated rings. The Hall–Kier alpha value is -1.89. The second kappa shape index (κ2) is 10.6. The van der Waals surface area contributed by atoms with E-state index in [0.29, 0.717) is 5.56 Å². The molecule has 2 rings (SSSR count). The van der Waals surface area contributed by atoms with E-state index in [1.807, 2.05) is 13.0 Å². The molecule has 6 nitrogen and oxygen atoms in total. The second-order valence-corrected chi connectivity index (χ2v) is 10.1. The first-order valence-corrected chi connectivity index (χ1v) is 12.2. The third kappa shape index (κ3) is 8.00. The van der Waals surface area contributed by atoms with Gasteiger partial charge in [-0.05, 0) is 38.3 Å². The lowest BCUT2D eigenvalue weighted by Crippen LogP contribution is -2.50. The standard InChI is InChI=1S/C21H32N2O4S/c1-16-9-8-10-17(15-16)20(24)23-19(13-14-28(2,26)27)21(25)22-18-11-6-4-3-5-7-12-18/h8-10,15,18-19H,3-7,11-14H2,1-2H3,(H,22,25)(H,23,24)/t19-/m1/s1. The van der Waals surface area contributed by atoms with Crippen LogP contribution in [-0.2, 0) is 14.6 Å². The fraction of sp³-hybridized carbons (Fsp3) is 0.619. The number of aryl methyl sites for hydroxylation is 1. The minimum absolute atomic E-state index is 0.0644. The van der Waals surface area contributed by atoms with E-state index in [-0.39, 0.29) is 30.0 Å². The van der Waals surface area contributed by atoms with Gasteiger partial charge < -0.3 is 10.6 Å². The van der Waals surface area contributed by atoms with Gasteiger partial charge in [-0.1, -0.05) is 49.8 Å². The molecule has 1 aliphatic carbocycles. The molecule has 28 heavy (non-hydrogen) atoms. The van der Waals surface area contributed by atoms with E-state index in [1.165, 1.54) is 19.3 Å². The van der Waals surface area contributed by atoms with Crippen LogP contribution in [-0.4, -0.2) is 44.3 Å². The third-order valence-corrected chi connectivity index (χ3v) is 6.11. The van der Waals surface area contributed by atoms with Gasteiger partial charge in [0, 0.05) is 17.9 Å². The normalized spacial score (nSPS) is 17.2. The number of rotatable bonds is 7. The lowest BCUT2D eigenvalue weighted by Gasteiger charge is -2.25. The monoisotopic (exact) mass is 408 g/mol. The Kier molecular flexibility index (Phi) is 8.48. The average molecular weight is 409 g/mol. The van der Waals surface area contributed by atoms with Gasteiger partial charge in [0.1, 0.15) is 15.9 Å². The quantitative estimate of drug-likeness (QED) is 0.726. The molecule has 0 saturated heterocycles. The highest BCUT2D eigenvalue weighted by Crippen LogP contribution is 2.17. The highest BCUT2D eigenvalue weighted by Gasteiger charge is 2.25. The van der Waals surface area contributed by atoms with Gasteiger partial charge in [-0.15, -0.1) is 0 Å². The Balaban J connectivity index is 2.06. The van der Waals surface area contributed by atoms with Crippen LogP contribution in [0.3, 0.4) is 0 Å². The number of carbonyl (C=O) groups is 2. The molecule has 0 spiro atoms. The van der Waals surface area contributed by atoms with Crippen LogP contribution in [0.4, 0.5) is 0 Å². The maximum Gasteiger partial charge on any atom is 0.251 e. The van der Waals surface area contributed by atoms with E-state index in [0.717, 1.165) is 37.5 Å². The van der Waals surface area contributed by atoms with E-state index in [4.69, 9.17) is 0 Å². The van der Waals surface area contributed by atoms with Crippen molar-refractivity contribution in [3.05, 3.63) is 35.4 Å². The molecule has 156 valence electrons. The number of nitrogens with one attached hydrogen (secondary N) is 2. The van der Waals surface area contributed by atoms with Crippen molar-refractivity contribution in [2.24, 2.45) is 0 Å². The zero-order valence-electron chi connectivity index (χ0n) is 16.9. The van der Waals surface area contributed by atoms with Gasteiger partial charge in [0.25, 0.3) is 5.91 Å². The van der Waals surface area contributed by atoms with Crippen LogP contribution in [0.25, 0.3) is 0 Å². The van der Waals surface area contributed by atoms with Crippen molar-refractivity contribution in [2.75, 3.05) is 12.0 Å². The minimum Gasteiger partial charge on any atom is -0.352 e. The molecule has 0 bridgehead atoms. The molecule has 0 radical (unpaired) electrons. The first-order chi connectivity index (χ1) is 13.2. The maximum atomic E-state index is 12.8. The fourth-order valence-corrected chi connectivity index (χ4v) is 4.19. The van der Waals surface area contributed by atoms with Crippen LogP contribution < -0.4 is 10.6 Å². The van der Waals surface area contributed by atoms with Crippen molar-refractivity contribution >= 4 is 21.7 Å². The van der Waals surface area contributed by atoms with Crippen LogP contribution in [0.1, 0.15) is 67.3 Å². The lowest BCUT2D eigenvalue weighted by molar-refractivity contribution is -0.123. The predicted molar refractivity (Wildman–Crippen MR) is 111 cm³/mol. The summed E-state index contributed by atoms with van der Waals surface area (Å²) >= 11 is 0. The SMILES string of the molecule is Cc1cccc(C(=O)N[C@H](CCS(C)(=O)=O)C(=O)NC2CCCCCCC2)c1. The van der Waals surface area contributed by atoms with E-state index in [9.17, 15) is 18.0 Å². The van der Waals surface area contributed by atoms with Crippen LogP contribution in [0.15, 0.2) is 24.3 Å². The van der Waals surface area contributed by atoms with Crippen molar-refractivity contribution < 1.29 is 18.0 Å². The summed E-state index contributed by atoms with van der Waals surface area (Å²) in [6, 6.07) is 6.32. The lowest BCUT2D eigenvalue weighted by atomic mass is 9.96. The molecular formula is C21H32N2O4S. The first kappa shape index (κ1) is 22.4. The van der Waals surface area contributed by atoms with Gasteiger partial charge in [-0.2, -0.15) is 0 Å². The van der Waals surface area contributed by atoms with E-state index in [1.54, 1.807) is 18.2 Å². The van der Waals surface area contributed by atoms with Gasteiger partial charge >= 0.3 is 0 Å². The van der Waals surface area contributed by atoms with Crippen molar-refractivity contribution in [2.45, 2.75) is 70.4 Å². The Bertz CT molecular complexity index is 768. The van der Waals surface area contributed by atoms with Crippen molar-refractivity contribution in [3.8, 4) is 0 Å². The summed E-state index contributed by atoms with van der Waals surface area (Å²) in [5.74, 6) is -0.811. The van der Waals surface area contributed by atoms with Gasteiger partial charge in [-0.3, -0.25) is 9.59 Å². The largest absolute Gasteiger partial charge is 0.352 e. The van der Waals surface area contributed by atoms with Gasteiger partial charge in [0.15, 0.2) is 0 Å². The summed E-state index contributed by atoms with van der Waals surface area (Å²) in [4.78, 5) is 25.4. The highest BCUT2D eigenvalue weighted by molar-refractivity contribution is 7.90. The van der Waals surface area contributed by atoms with Crippen LogP contribution in [0.2, 0.25) is 0 Å². The molecule has 1 atom stereocenters. The molecule has 1 saturated carbocycles. The topological polar surface area (TPSA) is 92.3 Å². The minimum atomic E-state index is -3.23. The summed E-state index contributed by atoms with van der Waals surface area (Å²) in [5, 5.41) is 5.78. The Morgan fingerprint density at radius 2 is 1.75 bits per heavy atom. The molecule has 7 heteroatoms. The number of carbonyl (C=O) groups excluding carboxylic acids is 2. The van der Waals surface area contributed by atoms with Gasteiger partial charge in [-0.25, -0.2) is 8.42 Å². The van der Waals surface area contributed by atoms with Gasteiger partial charge in [0.2, 0.25) is 5.91 Å². The molecule has 2 amide bonds. The summed E-state index contributed by atoms with van der Waals surface area (Å²) in [5.41, 5.74) is 1.41. The smallest absolute Gasteiger partial charge is 0.251 e. The molecule has 0 aliphatic heterocycles. The van der Waals surface area contributed by atoms with Crippen molar-refractivity contribution in [3.63, 3.8) is 0 Å². The van der Waals surface area contributed by atoms with Crippen LogP contribution in [0.5, 0.6) is 0 Å². The zero-order valence-corrected chi connectivity index (χ0v) is 17.7. The summed E-state index contributed by atoms with van der Waals surface area (Å²) in [7, 11) is -3.23. The average Bonchev–Trinajstić information content (AvgIpc) is 2.59. The predicted octanol–water partition coefficient (Wildman–Crippen LogP) is 2.76. The van der Waals surface area contributed by atoms with E-state index < -0.39 is 15.9 Å². The van der Waals surface area contributed by atoms with Crippen LogP contribution >= 0.6 is 0 Å². The summed E-state index contributed by atoms with van der Waals surface area (Å²) < 4.78 is 23.2. The highest BCUT2D eigenvalue weighted by atomic mass is 32.2. The molecule has 2 N–H and O–H groups in total. The molecule has 0 aromatic heterocycles.